The van der Waals surface area contributed by atoms with E-state index in [9.17, 15) is 14.4 Å². The lowest BCUT2D eigenvalue weighted by atomic mass is 9.93. The van der Waals surface area contributed by atoms with E-state index in [4.69, 9.17) is 4.74 Å². The third-order valence-electron chi connectivity index (χ3n) is 4.69. The van der Waals surface area contributed by atoms with Crippen LogP contribution in [0.2, 0.25) is 0 Å². The van der Waals surface area contributed by atoms with Gasteiger partial charge < -0.3 is 15.4 Å². The Kier molecular flexibility index (Phi) is 4.07. The molecule has 3 rings (SSSR count). The quantitative estimate of drug-likeness (QED) is 0.870. The van der Waals surface area contributed by atoms with Crippen molar-refractivity contribution in [3.05, 3.63) is 23.8 Å². The van der Waals surface area contributed by atoms with Crippen LogP contribution in [0.25, 0.3) is 0 Å². The van der Waals surface area contributed by atoms with Crippen LogP contribution in [0, 0.1) is 11.8 Å². The zero-order valence-electron chi connectivity index (χ0n) is 13.2. The van der Waals surface area contributed by atoms with Crippen molar-refractivity contribution in [2.45, 2.75) is 32.2 Å². The summed E-state index contributed by atoms with van der Waals surface area (Å²) in [5.41, 5.74) is 0.997. The van der Waals surface area contributed by atoms with Crippen LogP contribution < -0.4 is 15.4 Å². The van der Waals surface area contributed by atoms with Crippen molar-refractivity contribution in [3.8, 4) is 5.75 Å². The number of carbonyl (C=O) groups is 3. The highest BCUT2D eigenvalue weighted by molar-refractivity contribution is 6.06. The molecule has 1 aromatic carbocycles. The molecule has 1 heterocycles. The third-order valence-corrected chi connectivity index (χ3v) is 4.69. The molecule has 1 aliphatic heterocycles. The second-order valence-electron chi connectivity index (χ2n) is 6.26. The molecule has 0 saturated heterocycles. The van der Waals surface area contributed by atoms with E-state index in [1.54, 1.807) is 18.2 Å². The van der Waals surface area contributed by atoms with Crippen LogP contribution in [0.4, 0.5) is 5.69 Å². The van der Waals surface area contributed by atoms with Gasteiger partial charge in [0, 0.05) is 30.9 Å². The molecule has 2 aliphatic rings. The third kappa shape index (κ3) is 3.06. The molecule has 0 radical (unpaired) electrons. The predicted octanol–water partition coefficient (Wildman–Crippen LogP) is 1.75. The SMILES string of the molecule is COc1ccc2c(c1)C(=O)CC1CC(C[C@@H]1NC(C)=O)C(=O)N2. The van der Waals surface area contributed by atoms with E-state index in [1.807, 2.05) is 0 Å². The Morgan fingerprint density at radius 3 is 2.78 bits per heavy atom. The Bertz CT molecular complexity index is 671. The monoisotopic (exact) mass is 316 g/mol. The number of carbonyl (C=O) groups excluding carboxylic acids is 3. The number of hydrogen-bond acceptors (Lipinski definition) is 4. The van der Waals surface area contributed by atoms with E-state index in [-0.39, 0.29) is 35.5 Å². The highest BCUT2D eigenvalue weighted by Gasteiger charge is 2.40. The van der Waals surface area contributed by atoms with Crippen LogP contribution in [0.1, 0.15) is 36.5 Å². The number of benzene rings is 1. The van der Waals surface area contributed by atoms with E-state index >= 15 is 0 Å². The van der Waals surface area contributed by atoms with Crippen molar-refractivity contribution < 1.29 is 19.1 Å². The molecule has 1 saturated carbocycles. The van der Waals surface area contributed by atoms with Crippen LogP contribution in [-0.2, 0) is 9.59 Å². The fraction of sp³-hybridized carbons (Fsp3) is 0.471. The molecule has 1 fully saturated rings. The second-order valence-corrected chi connectivity index (χ2v) is 6.26. The molecule has 1 aromatic rings. The summed E-state index contributed by atoms with van der Waals surface area (Å²) in [6.07, 6.45) is 1.51. The lowest BCUT2D eigenvalue weighted by molar-refractivity contribution is -0.121. The van der Waals surface area contributed by atoms with Gasteiger partial charge in [-0.15, -0.1) is 0 Å². The van der Waals surface area contributed by atoms with Gasteiger partial charge in [-0.1, -0.05) is 0 Å². The largest absolute Gasteiger partial charge is 0.497 e. The molecule has 122 valence electrons. The van der Waals surface area contributed by atoms with Crippen LogP contribution in [0.3, 0.4) is 0 Å². The van der Waals surface area contributed by atoms with Gasteiger partial charge >= 0.3 is 0 Å². The molecule has 2 unspecified atom stereocenters. The van der Waals surface area contributed by atoms with Gasteiger partial charge in [-0.2, -0.15) is 0 Å². The summed E-state index contributed by atoms with van der Waals surface area (Å²) in [6, 6.07) is 4.96. The van der Waals surface area contributed by atoms with Gasteiger partial charge in [-0.05, 0) is 37.0 Å². The van der Waals surface area contributed by atoms with Crippen LogP contribution in [0.15, 0.2) is 18.2 Å². The molecule has 0 spiro atoms. The molecule has 6 heteroatoms. The van der Waals surface area contributed by atoms with Crippen LogP contribution in [0.5, 0.6) is 5.75 Å². The minimum absolute atomic E-state index is 0.0145. The van der Waals surface area contributed by atoms with Gasteiger partial charge in [-0.25, -0.2) is 0 Å². The Morgan fingerprint density at radius 1 is 1.30 bits per heavy atom. The Labute approximate surface area is 134 Å². The maximum absolute atomic E-state index is 12.7. The fourth-order valence-corrected chi connectivity index (χ4v) is 3.58. The van der Waals surface area contributed by atoms with Gasteiger partial charge in [0.05, 0.1) is 12.8 Å². The number of Topliss-reactive ketones (excluding diaryl/α,β-unsaturated/α-hetero) is 1. The van der Waals surface area contributed by atoms with Gasteiger partial charge in [0.25, 0.3) is 0 Å². The molecule has 0 aromatic heterocycles. The van der Waals surface area contributed by atoms with E-state index in [0.29, 0.717) is 36.3 Å². The summed E-state index contributed by atoms with van der Waals surface area (Å²) in [5.74, 6) is 0.116. The smallest absolute Gasteiger partial charge is 0.227 e. The van der Waals surface area contributed by atoms with Gasteiger partial charge in [-0.3, -0.25) is 14.4 Å². The molecule has 2 bridgehead atoms. The van der Waals surface area contributed by atoms with E-state index in [1.165, 1.54) is 14.0 Å². The van der Waals surface area contributed by atoms with Crippen molar-refractivity contribution in [1.82, 2.24) is 5.32 Å². The molecule has 1 aliphatic carbocycles. The zero-order chi connectivity index (χ0) is 16.6. The number of ketones is 1. The molecular weight excluding hydrogens is 296 g/mol. The molecule has 23 heavy (non-hydrogen) atoms. The van der Waals surface area contributed by atoms with Crippen LogP contribution in [-0.4, -0.2) is 30.7 Å². The zero-order valence-corrected chi connectivity index (χ0v) is 13.2. The number of rotatable bonds is 2. The summed E-state index contributed by atoms with van der Waals surface area (Å²) < 4.78 is 5.17. The number of hydrogen-bond donors (Lipinski definition) is 2. The highest BCUT2D eigenvalue weighted by atomic mass is 16.5. The maximum Gasteiger partial charge on any atom is 0.227 e. The number of amides is 2. The number of ether oxygens (including phenoxy) is 1. The first-order valence-corrected chi connectivity index (χ1v) is 7.77. The minimum Gasteiger partial charge on any atom is -0.497 e. The van der Waals surface area contributed by atoms with Crippen molar-refractivity contribution in [1.29, 1.82) is 0 Å². The topological polar surface area (TPSA) is 84.5 Å². The first-order chi connectivity index (χ1) is 11.0. The standard InChI is InChI=1S/C17H20N2O4/c1-9(20)18-15-6-11-5-10(15)7-16(21)13-8-12(23-2)3-4-14(13)19-17(11)22/h3-4,8,10-11,15H,5-7H2,1-2H3,(H,18,20)(H,19,22)/t10?,11?,15-/m0/s1. The molecular formula is C17H20N2O4. The first kappa shape index (κ1) is 15.5. The molecule has 6 nitrogen and oxygen atoms in total. The highest BCUT2D eigenvalue weighted by Crippen LogP contribution is 2.38. The first-order valence-electron chi connectivity index (χ1n) is 7.77. The summed E-state index contributed by atoms with van der Waals surface area (Å²) in [7, 11) is 1.54. The molecule has 2 amide bonds. The van der Waals surface area contributed by atoms with E-state index < -0.39 is 0 Å². The lowest BCUT2D eigenvalue weighted by Gasteiger charge is -2.21. The van der Waals surface area contributed by atoms with Gasteiger partial charge in [0.2, 0.25) is 11.8 Å². The van der Waals surface area contributed by atoms with Crippen LogP contribution >= 0.6 is 0 Å². The normalized spacial score (nSPS) is 26.4. The summed E-state index contributed by atoms with van der Waals surface area (Å²) in [5, 5.41) is 5.74. The second kappa shape index (κ2) is 6.02. The average Bonchev–Trinajstić information content (AvgIpc) is 2.90. The van der Waals surface area contributed by atoms with E-state index in [2.05, 4.69) is 10.6 Å². The van der Waals surface area contributed by atoms with Crippen molar-refractivity contribution in [2.75, 3.05) is 12.4 Å². The molecule has 3 atom stereocenters. The minimum atomic E-state index is -0.183. The van der Waals surface area contributed by atoms with Crippen molar-refractivity contribution in [3.63, 3.8) is 0 Å². The predicted molar refractivity (Wildman–Crippen MR) is 84.4 cm³/mol. The summed E-state index contributed by atoms with van der Waals surface area (Å²) >= 11 is 0. The fourth-order valence-electron chi connectivity index (χ4n) is 3.58. The Hall–Kier alpha value is -2.37. The number of methoxy groups -OCH3 is 1. The Balaban J connectivity index is 1.95. The summed E-state index contributed by atoms with van der Waals surface area (Å²) in [4.78, 5) is 36.5. The van der Waals surface area contributed by atoms with Crippen molar-refractivity contribution >= 4 is 23.3 Å². The number of anilines is 1. The number of fused-ring (bicyclic) bond motifs is 3. The van der Waals surface area contributed by atoms with Gasteiger partial charge in [0.15, 0.2) is 5.78 Å². The van der Waals surface area contributed by atoms with E-state index in [0.717, 1.165) is 0 Å². The summed E-state index contributed by atoms with van der Waals surface area (Å²) in [6.45, 7) is 1.46. The molecule has 2 N–H and O–H groups in total. The number of nitrogens with one attached hydrogen (secondary N) is 2. The maximum atomic E-state index is 12.7. The lowest BCUT2D eigenvalue weighted by Crippen LogP contribution is -2.37. The van der Waals surface area contributed by atoms with Gasteiger partial charge in [0.1, 0.15) is 5.75 Å². The van der Waals surface area contributed by atoms with Crippen molar-refractivity contribution in [2.24, 2.45) is 11.8 Å². The Morgan fingerprint density at radius 2 is 2.09 bits per heavy atom. The average molecular weight is 316 g/mol.